The van der Waals surface area contributed by atoms with Gasteiger partial charge in [-0.05, 0) is 24.6 Å². The maximum absolute atomic E-state index is 13.3. The van der Waals surface area contributed by atoms with Gasteiger partial charge in [-0.3, -0.25) is 9.69 Å². The van der Waals surface area contributed by atoms with Gasteiger partial charge in [0, 0.05) is 57.4 Å². The van der Waals surface area contributed by atoms with E-state index in [9.17, 15) is 9.59 Å². The van der Waals surface area contributed by atoms with Crippen molar-refractivity contribution < 1.29 is 28.9 Å². The minimum absolute atomic E-state index is 0.240. The number of carboxylic acids is 1. The molecule has 0 radical (unpaired) electrons. The van der Waals surface area contributed by atoms with Crippen LogP contribution in [0.1, 0.15) is 15.9 Å². The van der Waals surface area contributed by atoms with E-state index < -0.39 is 5.97 Å². The Morgan fingerprint density at radius 3 is 2.47 bits per heavy atom. The average Bonchev–Trinajstić information content (AvgIpc) is 3.63. The second-order valence-electron chi connectivity index (χ2n) is 9.89. The molecule has 0 bridgehead atoms. The first-order valence-corrected chi connectivity index (χ1v) is 14.0. The number of anilines is 2. The third-order valence-corrected chi connectivity index (χ3v) is 6.79. The van der Waals surface area contributed by atoms with Gasteiger partial charge < -0.3 is 29.5 Å². The molecule has 5 rings (SSSR count). The van der Waals surface area contributed by atoms with Gasteiger partial charge in [0.25, 0.3) is 5.91 Å². The summed E-state index contributed by atoms with van der Waals surface area (Å²) in [6.07, 6.45) is 6.63. The van der Waals surface area contributed by atoms with Crippen molar-refractivity contribution in [2.24, 2.45) is 0 Å². The molecule has 0 saturated carbocycles. The number of nitrogens with zero attached hydrogens (tertiary/aromatic N) is 8. The van der Waals surface area contributed by atoms with Crippen LogP contribution in [0.3, 0.4) is 0 Å². The summed E-state index contributed by atoms with van der Waals surface area (Å²) in [5, 5.41) is 20.5. The lowest BCUT2D eigenvalue weighted by Gasteiger charge is -2.34. The Bertz CT molecular complexity index is 1500. The number of ether oxygens (including phenoxy) is 3. The highest BCUT2D eigenvalue weighted by atomic mass is 16.5. The molecule has 4 aromatic heterocycles. The van der Waals surface area contributed by atoms with Crippen LogP contribution in [0.2, 0.25) is 0 Å². The van der Waals surface area contributed by atoms with Crippen LogP contribution in [0.4, 0.5) is 11.6 Å². The highest BCUT2D eigenvalue weighted by Crippen LogP contribution is 2.24. The Kier molecular flexibility index (Phi) is 10.2. The number of amides is 1. The number of aromatic nitrogens is 6. The molecule has 15 heteroatoms. The molecule has 1 saturated heterocycles. The quantitative estimate of drug-likeness (QED) is 0.189. The number of carbonyl (C=O) groups excluding carboxylic acids is 1. The number of hydrogen-bond donors (Lipinski definition) is 2. The second-order valence-corrected chi connectivity index (χ2v) is 9.89. The first-order valence-electron chi connectivity index (χ1n) is 14.0. The van der Waals surface area contributed by atoms with Crippen molar-refractivity contribution in [3.8, 4) is 5.82 Å². The molecular formula is C28H35N9O6. The molecule has 4 aromatic rings. The number of carboxylic acid groups (broad SMARTS) is 1. The summed E-state index contributed by atoms with van der Waals surface area (Å²) in [5.74, 6) is 0.507. The molecule has 5 heterocycles. The van der Waals surface area contributed by atoms with Crippen LogP contribution in [0.15, 0.2) is 49.1 Å². The number of aliphatic carboxylic acids is 1. The van der Waals surface area contributed by atoms with E-state index in [-0.39, 0.29) is 19.1 Å². The highest BCUT2D eigenvalue weighted by Gasteiger charge is 2.23. The van der Waals surface area contributed by atoms with E-state index in [0.717, 1.165) is 44.1 Å². The van der Waals surface area contributed by atoms with Crippen molar-refractivity contribution in [2.75, 3.05) is 82.6 Å². The zero-order chi connectivity index (χ0) is 30.0. The Labute approximate surface area is 248 Å². The van der Waals surface area contributed by atoms with Gasteiger partial charge >= 0.3 is 5.97 Å². The summed E-state index contributed by atoms with van der Waals surface area (Å²) >= 11 is 0. The summed E-state index contributed by atoms with van der Waals surface area (Å²) in [6, 6.07) is 7.44. The third-order valence-electron chi connectivity index (χ3n) is 6.79. The number of fused-ring (bicyclic) bond motifs is 1. The van der Waals surface area contributed by atoms with Crippen LogP contribution >= 0.6 is 0 Å². The lowest BCUT2D eigenvalue weighted by atomic mass is 10.3. The van der Waals surface area contributed by atoms with Crippen molar-refractivity contribution in [2.45, 2.75) is 6.92 Å². The van der Waals surface area contributed by atoms with Gasteiger partial charge in [0.1, 0.15) is 18.0 Å². The fourth-order valence-electron chi connectivity index (χ4n) is 4.54. The number of rotatable bonds is 15. The van der Waals surface area contributed by atoms with Crippen LogP contribution in [0.5, 0.6) is 0 Å². The first kappa shape index (κ1) is 30.0. The molecule has 1 amide bonds. The SMILES string of the molecule is Cc1ccc(-n2nc(N3CCN(CCOCCOCCOCC(=O)O)CC3)cc2NC(=O)c2cnn3cccnc23)nc1. The number of carbonyl (C=O) groups is 2. The maximum Gasteiger partial charge on any atom is 0.329 e. The molecule has 0 unspecified atom stereocenters. The van der Waals surface area contributed by atoms with Gasteiger partial charge in [0.05, 0.1) is 39.2 Å². The van der Waals surface area contributed by atoms with Gasteiger partial charge in [0.15, 0.2) is 17.3 Å². The van der Waals surface area contributed by atoms with E-state index in [1.807, 2.05) is 25.1 Å². The Hall–Kier alpha value is -4.44. The minimum atomic E-state index is -0.995. The molecular weight excluding hydrogens is 558 g/mol. The van der Waals surface area contributed by atoms with E-state index in [2.05, 4.69) is 30.2 Å². The van der Waals surface area contributed by atoms with Gasteiger partial charge in [0.2, 0.25) is 0 Å². The topological polar surface area (TPSA) is 161 Å². The zero-order valence-electron chi connectivity index (χ0n) is 24.0. The van der Waals surface area contributed by atoms with Crippen LogP contribution in [0, 0.1) is 6.92 Å². The van der Waals surface area contributed by atoms with Crippen molar-refractivity contribution in [3.05, 3.63) is 60.2 Å². The van der Waals surface area contributed by atoms with E-state index in [1.165, 1.54) is 6.20 Å². The lowest BCUT2D eigenvalue weighted by molar-refractivity contribution is -0.142. The fraction of sp³-hybridized carbons (Fsp3) is 0.429. The number of nitrogens with one attached hydrogen (secondary N) is 1. The average molecular weight is 594 g/mol. The fourth-order valence-corrected chi connectivity index (χ4v) is 4.54. The number of hydrogen-bond acceptors (Lipinski definition) is 11. The predicted molar refractivity (Wildman–Crippen MR) is 156 cm³/mol. The van der Waals surface area contributed by atoms with Crippen LogP contribution in [-0.2, 0) is 19.0 Å². The van der Waals surface area contributed by atoms with Crippen LogP contribution in [0.25, 0.3) is 11.5 Å². The van der Waals surface area contributed by atoms with E-state index >= 15 is 0 Å². The molecule has 2 N–H and O–H groups in total. The van der Waals surface area contributed by atoms with E-state index in [1.54, 1.807) is 33.9 Å². The Morgan fingerprint density at radius 1 is 0.953 bits per heavy atom. The molecule has 228 valence electrons. The molecule has 0 aliphatic carbocycles. The van der Waals surface area contributed by atoms with Gasteiger partial charge in [-0.1, -0.05) is 6.07 Å². The van der Waals surface area contributed by atoms with Crippen molar-refractivity contribution >= 4 is 29.2 Å². The molecule has 15 nitrogen and oxygen atoms in total. The highest BCUT2D eigenvalue weighted by molar-refractivity contribution is 6.08. The third kappa shape index (κ3) is 8.10. The standard InChI is InChI=1S/C28H35N9O6/c1-21-3-4-23(30-18-21)37-24(32-28(40)22-19-31-36-6-2-5-29-27(22)36)17-25(33-37)35-9-7-34(8-10-35)11-12-41-13-14-42-15-16-43-20-26(38)39/h2-6,17-19H,7-16,20H2,1H3,(H,32,40)(H,38,39). The molecule has 1 aliphatic rings. The molecule has 0 atom stereocenters. The maximum atomic E-state index is 13.3. The summed E-state index contributed by atoms with van der Waals surface area (Å²) in [4.78, 5) is 37.0. The van der Waals surface area contributed by atoms with Crippen LogP contribution < -0.4 is 10.2 Å². The smallest absolute Gasteiger partial charge is 0.329 e. The summed E-state index contributed by atoms with van der Waals surface area (Å²) in [7, 11) is 0. The monoisotopic (exact) mass is 593 g/mol. The van der Waals surface area contributed by atoms with Crippen molar-refractivity contribution in [1.82, 2.24) is 34.3 Å². The Balaban J connectivity index is 1.13. The van der Waals surface area contributed by atoms with E-state index in [4.69, 9.17) is 24.4 Å². The summed E-state index contributed by atoms with van der Waals surface area (Å²) < 4.78 is 19.2. The zero-order valence-corrected chi connectivity index (χ0v) is 24.0. The molecule has 0 aromatic carbocycles. The lowest BCUT2D eigenvalue weighted by Crippen LogP contribution is -2.47. The van der Waals surface area contributed by atoms with Crippen molar-refractivity contribution in [1.29, 1.82) is 0 Å². The van der Waals surface area contributed by atoms with E-state index in [0.29, 0.717) is 49.3 Å². The Morgan fingerprint density at radius 2 is 1.72 bits per heavy atom. The number of aryl methyl sites for hydroxylation is 1. The normalized spacial score (nSPS) is 13.9. The summed E-state index contributed by atoms with van der Waals surface area (Å²) in [6.45, 7) is 7.70. The van der Waals surface area contributed by atoms with Crippen LogP contribution in [-0.4, -0.2) is 124 Å². The molecule has 1 aliphatic heterocycles. The van der Waals surface area contributed by atoms with Gasteiger partial charge in [-0.2, -0.15) is 9.78 Å². The van der Waals surface area contributed by atoms with Crippen molar-refractivity contribution in [3.63, 3.8) is 0 Å². The molecule has 0 spiro atoms. The largest absolute Gasteiger partial charge is 0.480 e. The number of pyridine rings is 1. The molecule has 43 heavy (non-hydrogen) atoms. The summed E-state index contributed by atoms with van der Waals surface area (Å²) in [5.41, 5.74) is 1.85. The minimum Gasteiger partial charge on any atom is -0.480 e. The van der Waals surface area contributed by atoms with Gasteiger partial charge in [-0.25, -0.2) is 19.3 Å². The predicted octanol–water partition coefficient (Wildman–Crippen LogP) is 1.13. The molecule has 1 fully saturated rings. The second kappa shape index (κ2) is 14.6. The first-order chi connectivity index (χ1) is 21.0. The van der Waals surface area contributed by atoms with Gasteiger partial charge in [-0.15, -0.1) is 5.10 Å². The number of piperazine rings is 1.